The third kappa shape index (κ3) is 3.44. The first kappa shape index (κ1) is 18.0. The van der Waals surface area contributed by atoms with Crippen LogP contribution in [0.2, 0.25) is 0 Å². The molecule has 0 radical (unpaired) electrons. The number of amides is 1. The normalized spacial score (nSPS) is 21.2. The van der Waals surface area contributed by atoms with Crippen LogP contribution in [0.4, 0.5) is 4.39 Å². The molecule has 4 rings (SSSR count). The summed E-state index contributed by atoms with van der Waals surface area (Å²) in [5.74, 6) is 0.0948. The molecule has 1 amide bonds. The molecule has 1 atom stereocenters. The smallest absolute Gasteiger partial charge is 0.265 e. The number of hydrogen-bond donors (Lipinski definition) is 2. The van der Waals surface area contributed by atoms with Crippen molar-refractivity contribution in [2.24, 2.45) is 11.7 Å². The summed E-state index contributed by atoms with van der Waals surface area (Å²) in [7, 11) is 0. The Hall–Kier alpha value is -2.40. The molecule has 2 heterocycles. The van der Waals surface area contributed by atoms with E-state index in [0.717, 1.165) is 42.4 Å². The van der Waals surface area contributed by atoms with Crippen LogP contribution in [0.3, 0.4) is 0 Å². The number of allylic oxidation sites excluding steroid dienone is 4. The van der Waals surface area contributed by atoms with E-state index in [1.807, 2.05) is 23.6 Å². The van der Waals surface area contributed by atoms with Crippen LogP contribution in [0.25, 0.3) is 10.9 Å². The predicted octanol–water partition coefficient (Wildman–Crippen LogP) is 4.03. The molecule has 1 aromatic heterocycles. The van der Waals surface area contributed by atoms with Gasteiger partial charge < -0.3 is 15.6 Å². The van der Waals surface area contributed by atoms with Gasteiger partial charge in [0, 0.05) is 23.9 Å². The van der Waals surface area contributed by atoms with E-state index in [9.17, 15) is 9.18 Å². The summed E-state index contributed by atoms with van der Waals surface area (Å²) >= 11 is 0. The largest absolute Gasteiger partial charge is 0.364 e. The summed E-state index contributed by atoms with van der Waals surface area (Å²) < 4.78 is 15.5. The maximum absolute atomic E-state index is 13.5. The van der Waals surface area contributed by atoms with E-state index >= 15 is 0 Å². The highest BCUT2D eigenvalue weighted by atomic mass is 19.1. The molecule has 5 heteroatoms. The van der Waals surface area contributed by atoms with Crippen LogP contribution >= 0.6 is 0 Å². The van der Waals surface area contributed by atoms with E-state index in [1.54, 1.807) is 0 Å². The quantitative estimate of drug-likeness (QED) is 0.857. The zero-order valence-electron chi connectivity index (χ0n) is 15.7. The Bertz CT molecular complexity index is 934. The summed E-state index contributed by atoms with van der Waals surface area (Å²) in [5, 5.41) is 4.52. The fraction of sp³-hybridized carbons (Fsp3) is 0.409. The summed E-state index contributed by atoms with van der Waals surface area (Å²) in [6, 6.07) is 8.24. The zero-order valence-corrected chi connectivity index (χ0v) is 15.7. The molecule has 27 heavy (non-hydrogen) atoms. The topological polar surface area (TPSA) is 60.0 Å². The number of carbonyl (C=O) groups is 1. The van der Waals surface area contributed by atoms with Gasteiger partial charge in [-0.05, 0) is 67.1 Å². The van der Waals surface area contributed by atoms with Gasteiger partial charge in [0.15, 0.2) is 0 Å². The van der Waals surface area contributed by atoms with Gasteiger partial charge in [-0.1, -0.05) is 25.1 Å². The Kier molecular flexibility index (Phi) is 4.87. The van der Waals surface area contributed by atoms with Gasteiger partial charge in [-0.25, -0.2) is 4.39 Å². The second-order valence-electron chi connectivity index (χ2n) is 7.74. The van der Waals surface area contributed by atoms with Gasteiger partial charge in [-0.2, -0.15) is 0 Å². The molecule has 1 aromatic carbocycles. The Balaban J connectivity index is 1.80. The molecule has 1 fully saturated rings. The minimum absolute atomic E-state index is 0.0908. The van der Waals surface area contributed by atoms with Crippen molar-refractivity contribution in [1.29, 1.82) is 0 Å². The number of primary amides is 1. The highest BCUT2D eigenvalue weighted by molar-refractivity contribution is 5.99. The number of nitrogens with one attached hydrogen (secondary N) is 1. The number of nitrogens with two attached hydrogens (primary N) is 1. The highest BCUT2D eigenvalue weighted by Gasteiger charge is 2.23. The third-order valence-corrected chi connectivity index (χ3v) is 5.96. The summed E-state index contributed by atoms with van der Waals surface area (Å²) in [6.07, 6.45) is 5.99. The minimum atomic E-state index is -0.423. The lowest BCUT2D eigenvalue weighted by molar-refractivity contribution is 0.0992. The second-order valence-corrected chi connectivity index (χ2v) is 7.74. The van der Waals surface area contributed by atoms with Gasteiger partial charge >= 0.3 is 0 Å². The fourth-order valence-electron chi connectivity index (χ4n) is 4.42. The number of carbonyl (C=O) groups excluding carboxylic acids is 1. The molecule has 1 unspecified atom stereocenters. The zero-order chi connectivity index (χ0) is 19.0. The van der Waals surface area contributed by atoms with E-state index in [4.69, 9.17) is 5.73 Å². The molecule has 1 aliphatic carbocycles. The van der Waals surface area contributed by atoms with Crippen LogP contribution in [-0.4, -0.2) is 23.6 Å². The molecule has 0 bridgehead atoms. The fourth-order valence-corrected chi connectivity index (χ4v) is 4.42. The average molecular weight is 367 g/mol. The van der Waals surface area contributed by atoms with Gasteiger partial charge in [0.25, 0.3) is 5.91 Å². The number of fused-ring (bicyclic) bond motifs is 1. The van der Waals surface area contributed by atoms with E-state index in [0.29, 0.717) is 24.6 Å². The maximum Gasteiger partial charge on any atom is 0.265 e. The number of aromatic nitrogens is 1. The first-order valence-electron chi connectivity index (χ1n) is 9.72. The van der Waals surface area contributed by atoms with E-state index < -0.39 is 5.91 Å². The van der Waals surface area contributed by atoms with Crippen LogP contribution < -0.4 is 11.1 Å². The molecule has 0 spiro atoms. The van der Waals surface area contributed by atoms with Crippen molar-refractivity contribution in [2.45, 2.75) is 38.6 Å². The lowest BCUT2D eigenvalue weighted by atomic mass is 9.88. The van der Waals surface area contributed by atoms with Crippen molar-refractivity contribution >= 4 is 16.8 Å². The maximum atomic E-state index is 13.5. The standard InChI is InChI=1S/C22H26FN3O/c1-14-11-17(23)6-5-16(14)13-26-20-4-2-3-18(15-7-9-25-10-8-15)19(20)12-21(26)22(24)27/h2-6,12,14-15,25H,7-11,13H2,1H3,(H2,24,27). The number of hydrogen-bond acceptors (Lipinski definition) is 2. The molecule has 4 nitrogen and oxygen atoms in total. The SMILES string of the molecule is CC1CC(F)=CC=C1Cn1c(C(N)=O)cc2c(C3CCNCC3)cccc21. The van der Waals surface area contributed by atoms with Crippen molar-refractivity contribution < 1.29 is 9.18 Å². The first-order valence-corrected chi connectivity index (χ1v) is 9.72. The van der Waals surface area contributed by atoms with Crippen LogP contribution in [-0.2, 0) is 6.54 Å². The summed E-state index contributed by atoms with van der Waals surface area (Å²) in [4.78, 5) is 12.2. The van der Waals surface area contributed by atoms with Crippen LogP contribution in [0.5, 0.6) is 0 Å². The van der Waals surface area contributed by atoms with Gasteiger partial charge in [-0.3, -0.25) is 4.79 Å². The molecule has 2 aliphatic rings. The van der Waals surface area contributed by atoms with Gasteiger partial charge in [0.1, 0.15) is 11.5 Å². The van der Waals surface area contributed by atoms with Crippen molar-refractivity contribution in [3.05, 3.63) is 59.1 Å². The molecule has 1 saturated heterocycles. The third-order valence-electron chi connectivity index (χ3n) is 5.96. The molecule has 1 aliphatic heterocycles. The van der Waals surface area contributed by atoms with Crippen LogP contribution in [0.15, 0.2) is 47.8 Å². The Morgan fingerprint density at radius 3 is 2.78 bits per heavy atom. The Labute approximate surface area is 158 Å². The average Bonchev–Trinajstić information content (AvgIpc) is 3.03. The van der Waals surface area contributed by atoms with E-state index in [-0.39, 0.29) is 11.7 Å². The van der Waals surface area contributed by atoms with Crippen molar-refractivity contribution in [2.75, 3.05) is 13.1 Å². The molecular formula is C22H26FN3O. The lowest BCUT2D eigenvalue weighted by Crippen LogP contribution is -2.26. The van der Waals surface area contributed by atoms with Crippen molar-refractivity contribution in [3.63, 3.8) is 0 Å². The molecule has 3 N–H and O–H groups in total. The number of halogens is 1. The summed E-state index contributed by atoms with van der Waals surface area (Å²) in [5.41, 5.74) is 9.67. The first-order chi connectivity index (χ1) is 13.0. The summed E-state index contributed by atoms with van der Waals surface area (Å²) in [6.45, 7) is 4.62. The monoisotopic (exact) mass is 367 g/mol. The predicted molar refractivity (Wildman–Crippen MR) is 106 cm³/mol. The number of benzene rings is 1. The lowest BCUT2D eigenvalue weighted by Gasteiger charge is -2.24. The van der Waals surface area contributed by atoms with Crippen LogP contribution in [0, 0.1) is 5.92 Å². The Morgan fingerprint density at radius 1 is 1.30 bits per heavy atom. The minimum Gasteiger partial charge on any atom is -0.364 e. The van der Waals surface area contributed by atoms with E-state index in [2.05, 4.69) is 23.5 Å². The van der Waals surface area contributed by atoms with E-state index in [1.165, 1.54) is 11.6 Å². The molecule has 2 aromatic rings. The van der Waals surface area contributed by atoms with Gasteiger partial charge in [0.2, 0.25) is 0 Å². The highest BCUT2D eigenvalue weighted by Crippen LogP contribution is 2.35. The molecular weight excluding hydrogens is 341 g/mol. The Morgan fingerprint density at radius 2 is 2.07 bits per heavy atom. The molecule has 0 saturated carbocycles. The van der Waals surface area contributed by atoms with Crippen molar-refractivity contribution in [3.8, 4) is 0 Å². The van der Waals surface area contributed by atoms with Crippen LogP contribution in [0.1, 0.15) is 48.2 Å². The van der Waals surface area contributed by atoms with Gasteiger partial charge in [0.05, 0.1) is 0 Å². The number of piperidine rings is 1. The van der Waals surface area contributed by atoms with Crippen molar-refractivity contribution in [1.82, 2.24) is 9.88 Å². The number of rotatable bonds is 4. The molecule has 142 valence electrons. The van der Waals surface area contributed by atoms with Gasteiger partial charge in [-0.15, -0.1) is 0 Å². The number of nitrogens with zero attached hydrogens (tertiary/aromatic N) is 1. The second kappa shape index (κ2) is 7.31.